The van der Waals surface area contributed by atoms with Crippen LogP contribution in [0, 0.1) is 0 Å². The average molecular weight is 253 g/mol. The largest absolute Gasteiger partial charge is 0.343 e. The molecule has 1 aromatic carbocycles. The van der Waals surface area contributed by atoms with Crippen molar-refractivity contribution >= 4 is 23.4 Å². The van der Waals surface area contributed by atoms with E-state index in [2.05, 4.69) is 0 Å². The van der Waals surface area contributed by atoms with Crippen molar-refractivity contribution < 1.29 is 14.3 Å². The van der Waals surface area contributed by atoms with Gasteiger partial charge < -0.3 is 14.4 Å². The maximum atomic E-state index is 11.7. The molecule has 0 radical (unpaired) electrons. The summed E-state index contributed by atoms with van der Waals surface area (Å²) in [5.74, 6) is -0.0174. The molecule has 0 saturated heterocycles. The third-order valence-electron chi connectivity index (χ3n) is 2.78. The van der Waals surface area contributed by atoms with E-state index in [0.717, 1.165) is 10.6 Å². The first-order chi connectivity index (χ1) is 8.12. The zero-order valence-electron chi connectivity index (χ0n) is 10.1. The van der Waals surface area contributed by atoms with E-state index in [1.54, 1.807) is 26.0 Å². The van der Waals surface area contributed by atoms with Gasteiger partial charge in [0, 0.05) is 26.0 Å². The Hall–Kier alpha value is -1.04. The number of anilines is 1. The van der Waals surface area contributed by atoms with Crippen LogP contribution in [-0.2, 0) is 14.3 Å². The van der Waals surface area contributed by atoms with Gasteiger partial charge in [-0.1, -0.05) is 23.9 Å². The summed E-state index contributed by atoms with van der Waals surface area (Å²) in [5.41, 5.74) is 0.912. The molecule has 0 aliphatic carbocycles. The molecule has 5 heteroatoms. The lowest BCUT2D eigenvalue weighted by molar-refractivity contribution is -0.134. The topological polar surface area (TPSA) is 38.8 Å². The number of ether oxygens (including phenoxy) is 2. The molecule has 0 saturated carbocycles. The van der Waals surface area contributed by atoms with Gasteiger partial charge in [-0.2, -0.15) is 0 Å². The van der Waals surface area contributed by atoms with Crippen LogP contribution in [0.15, 0.2) is 29.2 Å². The molecule has 0 fully saturated rings. The van der Waals surface area contributed by atoms with Crippen LogP contribution >= 0.6 is 11.8 Å². The molecule has 1 aliphatic rings. The number of hydrogen-bond donors (Lipinski definition) is 0. The van der Waals surface area contributed by atoms with Gasteiger partial charge in [-0.25, -0.2) is 0 Å². The maximum Gasteiger partial charge on any atom is 0.241 e. The lowest BCUT2D eigenvalue weighted by Crippen LogP contribution is -2.48. The second-order valence-electron chi connectivity index (χ2n) is 3.77. The van der Waals surface area contributed by atoms with E-state index < -0.39 is 5.12 Å². The molecule has 2 rings (SSSR count). The van der Waals surface area contributed by atoms with E-state index in [9.17, 15) is 4.79 Å². The zero-order valence-corrected chi connectivity index (χ0v) is 10.9. The van der Waals surface area contributed by atoms with Crippen molar-refractivity contribution in [1.29, 1.82) is 0 Å². The fourth-order valence-corrected chi connectivity index (χ4v) is 2.95. The van der Waals surface area contributed by atoms with Crippen LogP contribution in [0.1, 0.15) is 6.92 Å². The molecule has 0 aromatic heterocycles. The molecule has 0 spiro atoms. The number of hydrogen-bond acceptors (Lipinski definition) is 4. The van der Waals surface area contributed by atoms with Crippen molar-refractivity contribution in [3.05, 3.63) is 24.3 Å². The predicted octanol–water partition coefficient (Wildman–Crippen LogP) is 2.09. The Labute approximate surface area is 105 Å². The Morgan fingerprint density at radius 1 is 1.35 bits per heavy atom. The van der Waals surface area contributed by atoms with E-state index in [1.807, 2.05) is 24.3 Å². The standard InChI is InChI=1S/C12H15NO3S/c1-9(14)13-8-12(15-2,16-3)17-11-7-5-4-6-10(11)13/h4-7H,8H2,1-3H3. The highest BCUT2D eigenvalue weighted by atomic mass is 32.2. The van der Waals surface area contributed by atoms with E-state index in [1.165, 1.54) is 11.8 Å². The molecule has 1 aliphatic heterocycles. The summed E-state index contributed by atoms with van der Waals surface area (Å²) in [5, 5.41) is -0.819. The van der Waals surface area contributed by atoms with Crippen molar-refractivity contribution in [3.8, 4) is 0 Å². The fraction of sp³-hybridized carbons (Fsp3) is 0.417. The average Bonchev–Trinajstić information content (AvgIpc) is 2.37. The molecule has 0 N–H and O–H groups in total. The Bertz CT molecular complexity index is 432. The maximum absolute atomic E-state index is 11.7. The molecule has 17 heavy (non-hydrogen) atoms. The van der Waals surface area contributed by atoms with Gasteiger partial charge in [-0.15, -0.1) is 0 Å². The number of methoxy groups -OCH3 is 2. The number of thioether (sulfide) groups is 1. The number of benzene rings is 1. The highest BCUT2D eigenvalue weighted by molar-refractivity contribution is 8.00. The third-order valence-corrected chi connectivity index (χ3v) is 4.11. The molecule has 0 atom stereocenters. The normalized spacial score (nSPS) is 17.7. The van der Waals surface area contributed by atoms with Crippen molar-refractivity contribution in [1.82, 2.24) is 0 Å². The third kappa shape index (κ3) is 2.18. The van der Waals surface area contributed by atoms with E-state index in [4.69, 9.17) is 9.47 Å². The zero-order chi connectivity index (χ0) is 12.5. The number of para-hydroxylation sites is 1. The highest BCUT2D eigenvalue weighted by Crippen LogP contribution is 2.45. The summed E-state index contributed by atoms with van der Waals surface area (Å²) in [6.07, 6.45) is 0. The number of amides is 1. The monoisotopic (exact) mass is 253 g/mol. The Balaban J connectivity index is 2.46. The second kappa shape index (κ2) is 4.68. The van der Waals surface area contributed by atoms with Gasteiger partial charge >= 0.3 is 0 Å². The quantitative estimate of drug-likeness (QED) is 0.757. The van der Waals surface area contributed by atoms with Gasteiger partial charge in [0.1, 0.15) is 0 Å². The van der Waals surface area contributed by atoms with Crippen LogP contribution in [0.5, 0.6) is 0 Å². The summed E-state index contributed by atoms with van der Waals surface area (Å²) in [4.78, 5) is 14.4. The first-order valence-electron chi connectivity index (χ1n) is 5.28. The van der Waals surface area contributed by atoms with Crippen LogP contribution in [0.25, 0.3) is 0 Å². The minimum absolute atomic E-state index is 0.0174. The van der Waals surface area contributed by atoms with Crippen LogP contribution in [0.4, 0.5) is 5.69 Å². The molecule has 1 amide bonds. The molecular formula is C12H15NO3S. The Kier molecular flexibility index (Phi) is 3.42. The minimum Gasteiger partial charge on any atom is -0.343 e. The molecule has 4 nitrogen and oxygen atoms in total. The molecule has 0 bridgehead atoms. The minimum atomic E-state index is -0.819. The van der Waals surface area contributed by atoms with Gasteiger partial charge in [0.2, 0.25) is 11.0 Å². The molecular weight excluding hydrogens is 238 g/mol. The first kappa shape index (κ1) is 12.4. The summed E-state index contributed by atoms with van der Waals surface area (Å²) < 4.78 is 10.8. The van der Waals surface area contributed by atoms with Gasteiger partial charge in [0.15, 0.2) is 0 Å². The highest BCUT2D eigenvalue weighted by Gasteiger charge is 2.40. The van der Waals surface area contributed by atoms with Gasteiger partial charge in [-0.05, 0) is 12.1 Å². The summed E-state index contributed by atoms with van der Waals surface area (Å²) in [7, 11) is 3.17. The second-order valence-corrected chi connectivity index (χ2v) is 5.03. The van der Waals surface area contributed by atoms with Gasteiger partial charge in [0.05, 0.1) is 12.2 Å². The summed E-state index contributed by atoms with van der Waals surface area (Å²) in [6.45, 7) is 1.93. The predicted molar refractivity (Wildman–Crippen MR) is 67.1 cm³/mol. The number of carbonyl (C=O) groups is 1. The molecule has 0 unspecified atom stereocenters. The Morgan fingerprint density at radius 3 is 2.59 bits per heavy atom. The van der Waals surface area contributed by atoms with E-state index in [-0.39, 0.29) is 5.91 Å². The smallest absolute Gasteiger partial charge is 0.241 e. The Morgan fingerprint density at radius 2 is 2.00 bits per heavy atom. The molecule has 1 heterocycles. The van der Waals surface area contributed by atoms with Gasteiger partial charge in [0.25, 0.3) is 0 Å². The van der Waals surface area contributed by atoms with Crippen LogP contribution in [0.3, 0.4) is 0 Å². The molecule has 1 aromatic rings. The number of fused-ring (bicyclic) bond motifs is 1. The van der Waals surface area contributed by atoms with Crippen molar-refractivity contribution in [2.45, 2.75) is 16.9 Å². The van der Waals surface area contributed by atoms with Crippen molar-refractivity contribution in [2.24, 2.45) is 0 Å². The lowest BCUT2D eigenvalue weighted by atomic mass is 10.2. The number of nitrogens with zero attached hydrogens (tertiary/aromatic N) is 1. The lowest BCUT2D eigenvalue weighted by Gasteiger charge is -2.40. The fourth-order valence-electron chi connectivity index (χ4n) is 1.82. The van der Waals surface area contributed by atoms with Crippen LogP contribution in [0.2, 0.25) is 0 Å². The van der Waals surface area contributed by atoms with Crippen molar-refractivity contribution in [3.63, 3.8) is 0 Å². The number of carbonyl (C=O) groups excluding carboxylic acids is 1. The molecule has 92 valence electrons. The van der Waals surface area contributed by atoms with Crippen LogP contribution in [-0.4, -0.2) is 31.8 Å². The van der Waals surface area contributed by atoms with Crippen molar-refractivity contribution in [2.75, 3.05) is 25.7 Å². The summed E-state index contributed by atoms with van der Waals surface area (Å²) >= 11 is 1.49. The SMILES string of the molecule is COC1(OC)CN(C(C)=O)c2ccccc2S1. The van der Waals surface area contributed by atoms with E-state index in [0.29, 0.717) is 6.54 Å². The first-order valence-corrected chi connectivity index (χ1v) is 6.10. The summed E-state index contributed by atoms with van der Waals surface area (Å²) in [6, 6.07) is 7.74. The van der Waals surface area contributed by atoms with E-state index >= 15 is 0 Å². The number of rotatable bonds is 2. The van der Waals surface area contributed by atoms with Crippen LogP contribution < -0.4 is 4.90 Å². The van der Waals surface area contributed by atoms with Gasteiger partial charge in [-0.3, -0.25) is 4.79 Å².